The number of carbonyl (C=O) groups excluding carboxylic acids is 1. The molecule has 7 heteroatoms. The Bertz CT molecular complexity index is 881. The van der Waals surface area contributed by atoms with Crippen LogP contribution >= 0.6 is 11.8 Å². The lowest BCUT2D eigenvalue weighted by molar-refractivity contribution is -0.121. The van der Waals surface area contributed by atoms with Crippen LogP contribution in [0.4, 0.5) is 0 Å². The van der Waals surface area contributed by atoms with Gasteiger partial charge in [0.15, 0.2) is 11.5 Å². The van der Waals surface area contributed by atoms with Gasteiger partial charge in [0.25, 0.3) is 0 Å². The number of hydrogen-bond acceptors (Lipinski definition) is 5. The van der Waals surface area contributed by atoms with Crippen molar-refractivity contribution in [3.63, 3.8) is 0 Å². The van der Waals surface area contributed by atoms with Crippen molar-refractivity contribution in [1.82, 2.24) is 19.9 Å². The smallest absolute Gasteiger partial charge is 0.225 e. The first kappa shape index (κ1) is 18.3. The van der Waals surface area contributed by atoms with Gasteiger partial charge in [-0.05, 0) is 48.3 Å². The molecule has 1 unspecified atom stereocenters. The fourth-order valence-corrected chi connectivity index (χ4v) is 3.28. The number of fused-ring (bicyclic) bond motifs is 1. The Morgan fingerprint density at radius 1 is 1.27 bits per heavy atom. The zero-order chi connectivity index (χ0) is 18.4. The summed E-state index contributed by atoms with van der Waals surface area (Å²) in [4.78, 5) is 12.6. The van der Waals surface area contributed by atoms with Gasteiger partial charge in [-0.3, -0.25) is 9.20 Å². The van der Waals surface area contributed by atoms with Crippen LogP contribution in [0.1, 0.15) is 23.9 Å². The summed E-state index contributed by atoms with van der Waals surface area (Å²) in [6.07, 6.45) is 5.06. The Balaban J connectivity index is 1.76. The molecular weight excluding hydrogens is 348 g/mol. The highest BCUT2D eigenvalue weighted by Gasteiger charge is 2.20. The van der Waals surface area contributed by atoms with E-state index < -0.39 is 0 Å². The number of nitrogens with zero attached hydrogens (tertiary/aromatic N) is 3. The van der Waals surface area contributed by atoms with Gasteiger partial charge < -0.3 is 10.1 Å². The molecule has 0 fully saturated rings. The minimum Gasteiger partial charge on any atom is -0.497 e. The first-order valence-electron chi connectivity index (χ1n) is 8.42. The molecular formula is C19H22N4O2S. The van der Waals surface area contributed by atoms with Gasteiger partial charge in [-0.2, -0.15) is 11.8 Å². The van der Waals surface area contributed by atoms with Gasteiger partial charge in [0.05, 0.1) is 19.6 Å². The van der Waals surface area contributed by atoms with Crippen molar-refractivity contribution in [2.45, 2.75) is 18.9 Å². The molecule has 0 radical (unpaired) electrons. The topological polar surface area (TPSA) is 68.5 Å². The van der Waals surface area contributed by atoms with E-state index in [1.165, 1.54) is 0 Å². The molecule has 3 rings (SSSR count). The minimum absolute atomic E-state index is 0.0444. The number of amides is 1. The number of methoxy groups -OCH3 is 1. The van der Waals surface area contributed by atoms with E-state index >= 15 is 0 Å². The van der Waals surface area contributed by atoms with Crippen molar-refractivity contribution in [3.8, 4) is 5.75 Å². The normalized spacial score (nSPS) is 12.1. The van der Waals surface area contributed by atoms with Crippen LogP contribution in [0, 0.1) is 0 Å². The number of rotatable bonds is 8. The third kappa shape index (κ3) is 4.35. The van der Waals surface area contributed by atoms with E-state index in [0.717, 1.165) is 35.0 Å². The Morgan fingerprint density at radius 3 is 2.96 bits per heavy atom. The van der Waals surface area contributed by atoms with E-state index in [9.17, 15) is 4.79 Å². The van der Waals surface area contributed by atoms with E-state index in [1.807, 2.05) is 53.1 Å². The molecule has 0 bridgehead atoms. The molecule has 1 aromatic carbocycles. The van der Waals surface area contributed by atoms with Crippen molar-refractivity contribution < 1.29 is 9.53 Å². The van der Waals surface area contributed by atoms with Crippen molar-refractivity contribution in [1.29, 1.82) is 0 Å². The van der Waals surface area contributed by atoms with Gasteiger partial charge in [0.1, 0.15) is 5.75 Å². The summed E-state index contributed by atoms with van der Waals surface area (Å²) in [7, 11) is 1.62. The van der Waals surface area contributed by atoms with Crippen LogP contribution in [0.2, 0.25) is 0 Å². The number of benzene rings is 1. The van der Waals surface area contributed by atoms with E-state index in [0.29, 0.717) is 6.42 Å². The van der Waals surface area contributed by atoms with Crippen molar-refractivity contribution in [2.75, 3.05) is 19.1 Å². The predicted octanol–water partition coefficient (Wildman–Crippen LogP) is 2.89. The molecule has 6 nitrogen and oxygen atoms in total. The standard InChI is InChI=1S/C19H22N4O2S/c1-25-15-7-5-6-14(12-15)13-18(24)20-16(9-11-26-2)19-22-21-17-8-3-4-10-23(17)19/h3-8,10,12,16H,9,11,13H2,1-2H3,(H,20,24). The molecule has 1 N–H and O–H groups in total. The van der Waals surface area contributed by atoms with E-state index in [2.05, 4.69) is 21.8 Å². The third-order valence-electron chi connectivity index (χ3n) is 4.10. The summed E-state index contributed by atoms with van der Waals surface area (Å²) >= 11 is 1.74. The van der Waals surface area contributed by atoms with Crippen LogP contribution in [-0.4, -0.2) is 39.6 Å². The molecule has 1 amide bonds. The van der Waals surface area contributed by atoms with E-state index in [-0.39, 0.29) is 11.9 Å². The molecule has 26 heavy (non-hydrogen) atoms. The minimum atomic E-state index is -0.182. The lowest BCUT2D eigenvalue weighted by Gasteiger charge is -2.17. The molecule has 0 aliphatic rings. The second kappa shape index (κ2) is 8.71. The molecule has 0 aliphatic carbocycles. The van der Waals surface area contributed by atoms with Gasteiger partial charge in [0, 0.05) is 6.20 Å². The summed E-state index contributed by atoms with van der Waals surface area (Å²) < 4.78 is 7.15. The average Bonchev–Trinajstić information content (AvgIpc) is 3.09. The van der Waals surface area contributed by atoms with Crippen LogP contribution in [0.15, 0.2) is 48.7 Å². The van der Waals surface area contributed by atoms with Crippen LogP contribution < -0.4 is 10.1 Å². The van der Waals surface area contributed by atoms with E-state index in [4.69, 9.17) is 4.74 Å². The molecule has 136 valence electrons. The molecule has 0 aliphatic heterocycles. The maximum atomic E-state index is 12.6. The quantitative estimate of drug-likeness (QED) is 0.660. The molecule has 2 aromatic heterocycles. The predicted molar refractivity (Wildman–Crippen MR) is 104 cm³/mol. The molecule has 1 atom stereocenters. The van der Waals surface area contributed by atoms with Crippen molar-refractivity contribution in [3.05, 3.63) is 60.0 Å². The summed E-state index contributed by atoms with van der Waals surface area (Å²) in [5.74, 6) is 2.38. The number of pyridine rings is 1. The zero-order valence-electron chi connectivity index (χ0n) is 14.9. The first-order valence-corrected chi connectivity index (χ1v) is 9.81. The number of nitrogens with one attached hydrogen (secondary N) is 1. The lowest BCUT2D eigenvalue weighted by Crippen LogP contribution is -2.31. The van der Waals surface area contributed by atoms with Crippen LogP contribution in [-0.2, 0) is 11.2 Å². The van der Waals surface area contributed by atoms with Gasteiger partial charge in [-0.25, -0.2) is 0 Å². The maximum Gasteiger partial charge on any atom is 0.225 e. The highest BCUT2D eigenvalue weighted by atomic mass is 32.2. The lowest BCUT2D eigenvalue weighted by atomic mass is 10.1. The van der Waals surface area contributed by atoms with Gasteiger partial charge in [-0.15, -0.1) is 10.2 Å². The average molecular weight is 370 g/mol. The summed E-state index contributed by atoms with van der Waals surface area (Å²) in [6.45, 7) is 0. The Labute approximate surface area is 157 Å². The molecule has 0 saturated carbocycles. The SMILES string of the molecule is COc1cccc(CC(=O)NC(CCSC)c2nnc3ccccn23)c1. The number of ether oxygens (including phenoxy) is 1. The van der Waals surface area contributed by atoms with Gasteiger partial charge in [0.2, 0.25) is 5.91 Å². The molecule has 0 saturated heterocycles. The second-order valence-corrected chi connectivity index (χ2v) is 6.90. The van der Waals surface area contributed by atoms with Gasteiger partial charge in [-0.1, -0.05) is 18.2 Å². The summed E-state index contributed by atoms with van der Waals surface area (Å²) in [6, 6.07) is 13.1. The highest BCUT2D eigenvalue weighted by molar-refractivity contribution is 7.98. The molecule has 3 aromatic rings. The van der Waals surface area contributed by atoms with Gasteiger partial charge >= 0.3 is 0 Å². The Hall–Kier alpha value is -2.54. The zero-order valence-corrected chi connectivity index (χ0v) is 15.7. The summed E-state index contributed by atoms with van der Waals surface area (Å²) in [5.41, 5.74) is 1.69. The number of carbonyl (C=O) groups is 1. The first-order chi connectivity index (χ1) is 12.7. The molecule has 2 heterocycles. The largest absolute Gasteiger partial charge is 0.497 e. The Kier molecular flexibility index (Phi) is 6.12. The monoisotopic (exact) mass is 370 g/mol. The van der Waals surface area contributed by atoms with Crippen molar-refractivity contribution >= 4 is 23.3 Å². The molecule has 0 spiro atoms. The number of aromatic nitrogens is 3. The number of hydrogen-bond donors (Lipinski definition) is 1. The fourth-order valence-electron chi connectivity index (χ4n) is 2.81. The maximum absolute atomic E-state index is 12.6. The third-order valence-corrected chi connectivity index (χ3v) is 4.74. The second-order valence-electron chi connectivity index (χ2n) is 5.92. The Morgan fingerprint density at radius 2 is 2.15 bits per heavy atom. The van der Waals surface area contributed by atoms with Crippen LogP contribution in [0.25, 0.3) is 5.65 Å². The van der Waals surface area contributed by atoms with E-state index in [1.54, 1.807) is 18.9 Å². The van der Waals surface area contributed by atoms with Crippen molar-refractivity contribution in [2.24, 2.45) is 0 Å². The van der Waals surface area contributed by atoms with Crippen LogP contribution in [0.5, 0.6) is 5.75 Å². The van der Waals surface area contributed by atoms with Crippen LogP contribution in [0.3, 0.4) is 0 Å². The fraction of sp³-hybridized carbons (Fsp3) is 0.316. The summed E-state index contributed by atoms with van der Waals surface area (Å²) in [5, 5.41) is 11.6. The number of thioether (sulfide) groups is 1. The highest BCUT2D eigenvalue weighted by Crippen LogP contribution is 2.19.